The lowest BCUT2D eigenvalue weighted by Crippen LogP contribution is -2.35. The minimum Gasteiger partial charge on any atom is -0.445 e. The minimum atomic E-state index is -5.04. The van der Waals surface area contributed by atoms with E-state index in [0.717, 1.165) is 12.1 Å². The summed E-state index contributed by atoms with van der Waals surface area (Å²) in [6.07, 6.45) is -0.727. The summed E-state index contributed by atoms with van der Waals surface area (Å²) < 4.78 is 41.7. The monoisotopic (exact) mass is 216 g/mol. The van der Waals surface area contributed by atoms with Crippen molar-refractivity contribution in [3.63, 3.8) is 0 Å². The van der Waals surface area contributed by atoms with Gasteiger partial charge in [0.15, 0.2) is 0 Å². The van der Waals surface area contributed by atoms with Crippen LogP contribution in [-0.2, 0) is 11.3 Å². The largest absolute Gasteiger partial charge is 0.509 e. The van der Waals surface area contributed by atoms with Crippen LogP contribution < -0.4 is 10.8 Å². The van der Waals surface area contributed by atoms with Gasteiger partial charge in [-0.25, -0.2) is 4.79 Å². The van der Waals surface area contributed by atoms with E-state index in [4.69, 9.17) is 0 Å². The van der Waals surface area contributed by atoms with Crippen LogP contribution >= 0.6 is 0 Å². The number of rotatable bonds is 1. The molecule has 80 valence electrons. The van der Waals surface area contributed by atoms with Crippen LogP contribution in [0.2, 0.25) is 0 Å². The maximum atomic E-state index is 12.4. The number of amides is 1. The van der Waals surface area contributed by atoms with Gasteiger partial charge in [0.2, 0.25) is 0 Å². The number of anilines is 1. The Balaban J connectivity index is 2.41. The smallest absolute Gasteiger partial charge is 0.445 e. The quantitative estimate of drug-likeness (QED) is 0.726. The third-order valence-electron chi connectivity index (χ3n) is 2.11. The highest BCUT2D eigenvalue weighted by Gasteiger charge is 2.27. The van der Waals surface area contributed by atoms with Crippen molar-refractivity contribution in [1.82, 2.24) is 0 Å². The highest BCUT2D eigenvalue weighted by molar-refractivity contribution is 6.73. The second kappa shape index (κ2) is 3.18. The third kappa shape index (κ3) is 1.90. The van der Waals surface area contributed by atoms with Gasteiger partial charge in [-0.2, -0.15) is 0 Å². The molecule has 0 saturated carbocycles. The van der Waals surface area contributed by atoms with E-state index < -0.39 is 18.5 Å². The average Bonchev–Trinajstić information content (AvgIpc) is 2.15. The number of ether oxygens (including phenoxy) is 1. The maximum absolute atomic E-state index is 12.4. The number of carbonyl (C=O) groups is 1. The normalized spacial score (nSPS) is 15.3. The molecule has 0 radical (unpaired) electrons. The van der Waals surface area contributed by atoms with E-state index in [0.29, 0.717) is 5.56 Å². The molecular formula is C8H6BF3NO2-. The van der Waals surface area contributed by atoms with Gasteiger partial charge in [0.1, 0.15) is 6.61 Å². The SMILES string of the molecule is O=C1Nc2cc([B-](F)(F)F)ccc2CO1. The molecule has 1 heterocycles. The van der Waals surface area contributed by atoms with Gasteiger partial charge >= 0.3 is 13.1 Å². The van der Waals surface area contributed by atoms with Crippen LogP contribution in [0.1, 0.15) is 5.56 Å². The van der Waals surface area contributed by atoms with Gasteiger partial charge in [-0.1, -0.05) is 18.2 Å². The fraction of sp³-hybridized carbons (Fsp3) is 0.125. The molecule has 0 fully saturated rings. The van der Waals surface area contributed by atoms with Gasteiger partial charge in [-0.05, 0) is 0 Å². The van der Waals surface area contributed by atoms with Crippen molar-refractivity contribution in [2.24, 2.45) is 0 Å². The maximum Gasteiger partial charge on any atom is 0.509 e. The highest BCUT2D eigenvalue weighted by Crippen LogP contribution is 2.22. The van der Waals surface area contributed by atoms with E-state index in [1.54, 1.807) is 0 Å². The Kier molecular flexibility index (Phi) is 2.10. The predicted molar refractivity (Wildman–Crippen MR) is 49.0 cm³/mol. The minimum absolute atomic E-state index is 0.00625. The van der Waals surface area contributed by atoms with Crippen molar-refractivity contribution in [3.05, 3.63) is 23.8 Å². The van der Waals surface area contributed by atoms with Gasteiger partial charge < -0.3 is 17.7 Å². The Labute approximate surface area is 83.3 Å². The molecule has 1 aliphatic rings. The lowest BCUT2D eigenvalue weighted by atomic mass is 9.79. The summed E-state index contributed by atoms with van der Waals surface area (Å²) in [4.78, 5) is 10.8. The van der Waals surface area contributed by atoms with Crippen LogP contribution in [0.5, 0.6) is 0 Å². The molecular weight excluding hydrogens is 210 g/mol. The zero-order chi connectivity index (χ0) is 11.1. The number of cyclic esters (lactones) is 1. The van der Waals surface area contributed by atoms with Crippen LogP contribution in [0.25, 0.3) is 0 Å². The van der Waals surface area contributed by atoms with Gasteiger partial charge in [-0.3, -0.25) is 5.32 Å². The summed E-state index contributed by atoms with van der Waals surface area (Å²) in [5, 5.41) is 2.22. The third-order valence-corrected chi connectivity index (χ3v) is 2.11. The second-order valence-corrected chi connectivity index (χ2v) is 3.19. The summed E-state index contributed by atoms with van der Waals surface area (Å²) in [6.45, 7) is -5.03. The number of fused-ring (bicyclic) bond motifs is 1. The number of hydrogen-bond donors (Lipinski definition) is 1. The average molecular weight is 216 g/mol. The first-order chi connectivity index (χ1) is 6.97. The summed E-state index contributed by atoms with van der Waals surface area (Å²) in [6, 6.07) is 3.22. The molecule has 1 N–H and O–H groups in total. The zero-order valence-electron chi connectivity index (χ0n) is 7.47. The molecule has 1 aliphatic heterocycles. The first-order valence-electron chi connectivity index (χ1n) is 4.23. The van der Waals surface area contributed by atoms with Crippen LogP contribution in [0.15, 0.2) is 18.2 Å². The van der Waals surface area contributed by atoms with Crippen molar-refractivity contribution in [1.29, 1.82) is 0 Å². The molecule has 7 heteroatoms. The van der Waals surface area contributed by atoms with E-state index >= 15 is 0 Å². The molecule has 15 heavy (non-hydrogen) atoms. The lowest BCUT2D eigenvalue weighted by Gasteiger charge is -2.21. The van der Waals surface area contributed by atoms with Crippen molar-refractivity contribution in [2.45, 2.75) is 6.61 Å². The van der Waals surface area contributed by atoms with Crippen molar-refractivity contribution in [2.75, 3.05) is 5.32 Å². The Hall–Kier alpha value is -1.66. The highest BCUT2D eigenvalue weighted by atomic mass is 19.4. The number of carbonyl (C=O) groups excluding carboxylic acids is 1. The number of halogens is 3. The summed E-state index contributed by atoms with van der Waals surface area (Å²) >= 11 is 0. The number of hydrogen-bond acceptors (Lipinski definition) is 2. The molecule has 0 unspecified atom stereocenters. The molecule has 0 saturated heterocycles. The molecule has 1 aromatic carbocycles. The molecule has 3 nitrogen and oxygen atoms in total. The molecule has 0 aliphatic carbocycles. The molecule has 0 spiro atoms. The van der Waals surface area contributed by atoms with Gasteiger partial charge in [-0.15, -0.1) is 5.46 Å². The van der Waals surface area contributed by atoms with E-state index in [2.05, 4.69) is 10.1 Å². The standard InChI is InChI=1S/C8H6BF3NO2/c10-9(11,12)6-2-1-5-4-15-8(14)13-7(5)3-6/h1-3H,4H2,(H,13,14)/q-1. The van der Waals surface area contributed by atoms with E-state index in [1.807, 2.05) is 0 Å². The Bertz CT molecular complexity index is 419. The van der Waals surface area contributed by atoms with E-state index in [-0.39, 0.29) is 12.3 Å². The molecule has 0 aromatic heterocycles. The Morgan fingerprint density at radius 3 is 2.73 bits per heavy atom. The van der Waals surface area contributed by atoms with E-state index in [9.17, 15) is 17.7 Å². The van der Waals surface area contributed by atoms with Gasteiger partial charge in [0.05, 0.1) is 0 Å². The van der Waals surface area contributed by atoms with Crippen molar-refractivity contribution >= 4 is 24.2 Å². The molecule has 2 rings (SSSR count). The van der Waals surface area contributed by atoms with Gasteiger partial charge in [0.25, 0.3) is 0 Å². The number of benzene rings is 1. The summed E-state index contributed by atoms with van der Waals surface area (Å²) in [5.74, 6) is 0. The Morgan fingerprint density at radius 1 is 1.33 bits per heavy atom. The van der Waals surface area contributed by atoms with Crippen molar-refractivity contribution < 1.29 is 22.5 Å². The second-order valence-electron chi connectivity index (χ2n) is 3.19. The summed E-state index contributed by atoms with van der Waals surface area (Å²) in [7, 11) is 0. The van der Waals surface area contributed by atoms with Gasteiger partial charge in [0, 0.05) is 11.3 Å². The summed E-state index contributed by atoms with van der Waals surface area (Å²) in [5.41, 5.74) is -0.0164. The molecule has 1 amide bonds. The fourth-order valence-electron chi connectivity index (χ4n) is 1.33. The topological polar surface area (TPSA) is 38.3 Å². The van der Waals surface area contributed by atoms with Crippen LogP contribution in [0, 0.1) is 0 Å². The zero-order valence-corrected chi connectivity index (χ0v) is 7.47. The fourth-order valence-corrected chi connectivity index (χ4v) is 1.33. The predicted octanol–water partition coefficient (Wildman–Crippen LogP) is 1.80. The first kappa shape index (κ1) is 9.88. The van der Waals surface area contributed by atoms with Crippen LogP contribution in [-0.4, -0.2) is 13.1 Å². The molecule has 1 aromatic rings. The lowest BCUT2D eigenvalue weighted by molar-refractivity contribution is 0.151. The molecule has 0 bridgehead atoms. The van der Waals surface area contributed by atoms with E-state index in [1.165, 1.54) is 6.07 Å². The molecule has 0 atom stereocenters. The van der Waals surface area contributed by atoms with Crippen molar-refractivity contribution in [3.8, 4) is 0 Å². The number of nitrogens with one attached hydrogen (secondary N) is 1. The Morgan fingerprint density at radius 2 is 2.07 bits per heavy atom. The van der Waals surface area contributed by atoms with Crippen LogP contribution in [0.3, 0.4) is 0 Å². The first-order valence-corrected chi connectivity index (χ1v) is 4.23. The van der Waals surface area contributed by atoms with Crippen LogP contribution in [0.4, 0.5) is 23.4 Å².